The molecule has 1 N–H and O–H groups in total. The third-order valence-corrected chi connectivity index (χ3v) is 2.67. The first-order valence-electron chi connectivity index (χ1n) is 6.22. The third kappa shape index (κ3) is 3.06. The molecule has 0 bridgehead atoms. The highest BCUT2D eigenvalue weighted by atomic mass is 16.5. The Kier molecular flexibility index (Phi) is 4.20. The van der Waals surface area contributed by atoms with Crippen LogP contribution in [0.1, 0.15) is 23.9 Å². The van der Waals surface area contributed by atoms with Gasteiger partial charge in [-0.25, -0.2) is 9.59 Å². The molecule has 2 rings (SSSR count). The van der Waals surface area contributed by atoms with Gasteiger partial charge in [-0.1, -0.05) is 19.1 Å². The van der Waals surface area contributed by atoms with Gasteiger partial charge in [0.15, 0.2) is 0 Å². The van der Waals surface area contributed by atoms with Crippen LogP contribution in [0, 0.1) is 0 Å². The standard InChI is InChI=1S/C15H14O5/c1-2-9-19-11-5-3-10(4-6-11)12-7-8-13(16)20-14(12)15(17)18/h3-8H,2,9H2,1H3,(H,17,18). The van der Waals surface area contributed by atoms with Crippen molar-refractivity contribution in [3.63, 3.8) is 0 Å². The van der Waals surface area contributed by atoms with Gasteiger partial charge in [-0.05, 0) is 30.2 Å². The van der Waals surface area contributed by atoms with Crippen LogP contribution in [-0.4, -0.2) is 17.7 Å². The average molecular weight is 274 g/mol. The summed E-state index contributed by atoms with van der Waals surface area (Å²) >= 11 is 0. The smallest absolute Gasteiger partial charge is 0.372 e. The topological polar surface area (TPSA) is 76.7 Å². The molecule has 0 fully saturated rings. The van der Waals surface area contributed by atoms with Gasteiger partial charge in [0.2, 0.25) is 5.76 Å². The maximum Gasteiger partial charge on any atom is 0.372 e. The first kappa shape index (κ1) is 13.9. The molecule has 1 aromatic carbocycles. The van der Waals surface area contributed by atoms with Gasteiger partial charge in [-0.15, -0.1) is 0 Å². The number of hydrogen-bond acceptors (Lipinski definition) is 4. The second-order valence-electron chi connectivity index (χ2n) is 4.18. The maximum atomic E-state index is 11.1. The molecule has 0 aliphatic heterocycles. The Labute approximate surface area is 115 Å². The minimum absolute atomic E-state index is 0.360. The summed E-state index contributed by atoms with van der Waals surface area (Å²) in [6, 6.07) is 9.60. The summed E-state index contributed by atoms with van der Waals surface area (Å²) in [5.41, 5.74) is 0.322. The van der Waals surface area contributed by atoms with E-state index < -0.39 is 11.6 Å². The van der Waals surface area contributed by atoms with Gasteiger partial charge >= 0.3 is 11.6 Å². The molecule has 0 saturated carbocycles. The fraction of sp³-hybridized carbons (Fsp3) is 0.200. The van der Waals surface area contributed by atoms with Crippen LogP contribution in [0.2, 0.25) is 0 Å². The molecule has 0 saturated heterocycles. The number of aromatic carboxylic acids is 1. The van der Waals surface area contributed by atoms with Crippen molar-refractivity contribution < 1.29 is 19.1 Å². The Morgan fingerprint density at radius 1 is 1.20 bits per heavy atom. The highest BCUT2D eigenvalue weighted by Gasteiger charge is 2.15. The lowest BCUT2D eigenvalue weighted by Crippen LogP contribution is -2.06. The van der Waals surface area contributed by atoms with Crippen molar-refractivity contribution >= 4 is 5.97 Å². The summed E-state index contributed by atoms with van der Waals surface area (Å²) in [4.78, 5) is 22.2. The van der Waals surface area contributed by atoms with Crippen LogP contribution >= 0.6 is 0 Å². The van der Waals surface area contributed by atoms with Gasteiger partial charge in [-0.2, -0.15) is 0 Å². The number of hydrogen-bond donors (Lipinski definition) is 1. The molecule has 1 aromatic heterocycles. The van der Waals surface area contributed by atoms with E-state index in [9.17, 15) is 9.59 Å². The molecule has 0 radical (unpaired) electrons. The highest BCUT2D eigenvalue weighted by molar-refractivity contribution is 5.92. The first-order chi connectivity index (χ1) is 9.61. The summed E-state index contributed by atoms with van der Waals surface area (Å²) in [7, 11) is 0. The van der Waals surface area contributed by atoms with E-state index in [1.165, 1.54) is 12.1 Å². The first-order valence-corrected chi connectivity index (χ1v) is 6.22. The molecule has 2 aromatic rings. The fourth-order valence-electron chi connectivity index (χ4n) is 1.75. The van der Waals surface area contributed by atoms with Gasteiger partial charge in [0.25, 0.3) is 0 Å². The Morgan fingerprint density at radius 2 is 1.90 bits per heavy atom. The molecule has 0 atom stereocenters. The van der Waals surface area contributed by atoms with Crippen molar-refractivity contribution in [1.29, 1.82) is 0 Å². The summed E-state index contributed by atoms with van der Waals surface area (Å²) in [5.74, 6) is -0.923. The molecular weight excluding hydrogens is 260 g/mol. The second kappa shape index (κ2) is 6.06. The van der Waals surface area contributed by atoms with Crippen LogP contribution in [0.4, 0.5) is 0 Å². The van der Waals surface area contributed by atoms with Crippen LogP contribution in [0.5, 0.6) is 5.75 Å². The SMILES string of the molecule is CCCOc1ccc(-c2ccc(=O)oc2C(=O)O)cc1. The van der Waals surface area contributed by atoms with Gasteiger partial charge in [0, 0.05) is 11.6 Å². The van der Waals surface area contributed by atoms with Crippen LogP contribution < -0.4 is 10.4 Å². The zero-order chi connectivity index (χ0) is 14.5. The van der Waals surface area contributed by atoms with Crippen molar-refractivity contribution in [2.75, 3.05) is 6.61 Å². The van der Waals surface area contributed by atoms with Gasteiger partial charge in [0.05, 0.1) is 6.61 Å². The molecule has 0 spiro atoms. The Balaban J connectivity index is 2.36. The van der Waals surface area contributed by atoms with Gasteiger partial charge < -0.3 is 14.3 Å². The van der Waals surface area contributed by atoms with E-state index in [4.69, 9.17) is 14.3 Å². The van der Waals surface area contributed by atoms with Crippen LogP contribution in [0.25, 0.3) is 11.1 Å². The molecule has 0 amide bonds. The minimum atomic E-state index is -1.27. The van der Waals surface area contributed by atoms with E-state index in [0.717, 1.165) is 6.42 Å². The van der Waals surface area contributed by atoms with Crippen molar-refractivity contribution in [2.24, 2.45) is 0 Å². The van der Waals surface area contributed by atoms with E-state index in [2.05, 4.69) is 0 Å². The monoisotopic (exact) mass is 274 g/mol. The summed E-state index contributed by atoms with van der Waals surface area (Å²) in [5, 5.41) is 9.06. The molecule has 1 heterocycles. The van der Waals surface area contributed by atoms with E-state index in [0.29, 0.717) is 23.5 Å². The molecule has 104 valence electrons. The summed E-state index contributed by atoms with van der Waals surface area (Å²) in [6.07, 6.45) is 0.911. The number of rotatable bonds is 5. The van der Waals surface area contributed by atoms with Crippen molar-refractivity contribution in [2.45, 2.75) is 13.3 Å². The predicted octanol–water partition coefficient (Wildman–Crippen LogP) is 2.79. The molecule has 5 nitrogen and oxygen atoms in total. The zero-order valence-corrected chi connectivity index (χ0v) is 11.0. The lowest BCUT2D eigenvalue weighted by atomic mass is 10.0. The Bertz CT molecular complexity index is 655. The van der Waals surface area contributed by atoms with E-state index >= 15 is 0 Å². The quantitative estimate of drug-likeness (QED) is 0.907. The lowest BCUT2D eigenvalue weighted by Gasteiger charge is -2.07. The number of carbonyl (C=O) groups is 1. The zero-order valence-electron chi connectivity index (χ0n) is 11.0. The van der Waals surface area contributed by atoms with Crippen LogP contribution in [-0.2, 0) is 0 Å². The highest BCUT2D eigenvalue weighted by Crippen LogP contribution is 2.25. The van der Waals surface area contributed by atoms with Crippen LogP contribution in [0.3, 0.4) is 0 Å². The van der Waals surface area contributed by atoms with Crippen molar-refractivity contribution in [3.8, 4) is 16.9 Å². The number of benzene rings is 1. The molecule has 5 heteroatoms. The largest absolute Gasteiger partial charge is 0.494 e. The van der Waals surface area contributed by atoms with E-state index in [-0.39, 0.29) is 5.76 Å². The summed E-state index contributed by atoms with van der Waals surface area (Å²) < 4.78 is 10.2. The Morgan fingerprint density at radius 3 is 2.50 bits per heavy atom. The van der Waals surface area contributed by atoms with E-state index in [1.54, 1.807) is 24.3 Å². The Hall–Kier alpha value is -2.56. The van der Waals surface area contributed by atoms with Crippen LogP contribution in [0.15, 0.2) is 45.6 Å². The molecule has 0 unspecified atom stereocenters. The molecule has 0 aliphatic carbocycles. The lowest BCUT2D eigenvalue weighted by molar-refractivity contribution is 0.0658. The fourth-order valence-corrected chi connectivity index (χ4v) is 1.75. The number of carboxylic acids is 1. The van der Waals surface area contributed by atoms with Gasteiger partial charge in [0.1, 0.15) is 5.75 Å². The molecule has 20 heavy (non-hydrogen) atoms. The number of carboxylic acid groups (broad SMARTS) is 1. The molecule has 0 aliphatic rings. The maximum absolute atomic E-state index is 11.1. The average Bonchev–Trinajstić information content (AvgIpc) is 2.45. The summed E-state index contributed by atoms with van der Waals surface area (Å²) in [6.45, 7) is 2.64. The number of ether oxygens (including phenoxy) is 1. The normalized spacial score (nSPS) is 10.2. The second-order valence-corrected chi connectivity index (χ2v) is 4.18. The predicted molar refractivity (Wildman–Crippen MR) is 73.2 cm³/mol. The van der Waals surface area contributed by atoms with Gasteiger partial charge in [-0.3, -0.25) is 0 Å². The van der Waals surface area contributed by atoms with Crippen molar-refractivity contribution in [3.05, 3.63) is 52.6 Å². The van der Waals surface area contributed by atoms with Crippen molar-refractivity contribution in [1.82, 2.24) is 0 Å². The third-order valence-electron chi connectivity index (χ3n) is 2.67. The van der Waals surface area contributed by atoms with E-state index in [1.807, 2.05) is 6.92 Å². The molecular formula is C15H14O5. The minimum Gasteiger partial charge on any atom is -0.494 e.